The van der Waals surface area contributed by atoms with Gasteiger partial charge in [0.25, 0.3) is 0 Å². The molecule has 4 N–H and O–H groups in total. The summed E-state index contributed by atoms with van der Waals surface area (Å²) in [5.74, 6) is 0.284. The molecule has 10 nitrogen and oxygen atoms in total. The standard InChI is InChI=1S/2C8H15NO4S3.Cu/c2*10-4-7(11)3-9(8(14)15)6-1-2-16(12,13)5-6;/h2*6-7,10-11H,1-5H2,(H,14,15);/q;;+2/p-2. The molecule has 2 heterocycles. The number of nitrogens with zero attached hydrogens (tertiary/aromatic N) is 2. The second kappa shape index (κ2) is 14.9. The molecule has 0 bridgehead atoms. The van der Waals surface area contributed by atoms with E-state index in [9.17, 15) is 27.0 Å². The molecular formula is C16H28CuN2O8S6. The first-order valence-electron chi connectivity index (χ1n) is 9.65. The van der Waals surface area contributed by atoms with Crippen LogP contribution in [0.4, 0.5) is 0 Å². The smallest absolute Gasteiger partial charge is 0.411 e. The summed E-state index contributed by atoms with van der Waals surface area (Å²) in [6.07, 6.45) is -0.970. The number of aliphatic hydroxyl groups is 4. The van der Waals surface area contributed by atoms with Gasteiger partial charge in [0.2, 0.25) is 0 Å². The van der Waals surface area contributed by atoms with Crippen LogP contribution in [0.1, 0.15) is 12.8 Å². The summed E-state index contributed by atoms with van der Waals surface area (Å²) in [6.45, 7) is -0.625. The zero-order chi connectivity index (χ0) is 24.7. The molecule has 2 aliphatic heterocycles. The Morgan fingerprint density at radius 2 is 1.12 bits per heavy atom. The topological polar surface area (TPSA) is 156 Å². The van der Waals surface area contributed by atoms with Crippen LogP contribution in [0.2, 0.25) is 0 Å². The van der Waals surface area contributed by atoms with E-state index >= 15 is 0 Å². The summed E-state index contributed by atoms with van der Waals surface area (Å²) in [7, 11) is -6.02. The molecule has 17 heteroatoms. The summed E-state index contributed by atoms with van der Waals surface area (Å²) in [5.41, 5.74) is 0. The zero-order valence-corrected chi connectivity index (χ0v) is 23.3. The zero-order valence-electron chi connectivity index (χ0n) is 17.4. The van der Waals surface area contributed by atoms with Crippen molar-refractivity contribution < 1.29 is 54.3 Å². The van der Waals surface area contributed by atoms with Crippen molar-refractivity contribution in [3.8, 4) is 0 Å². The van der Waals surface area contributed by atoms with Crippen molar-refractivity contribution in [2.45, 2.75) is 37.1 Å². The molecule has 33 heavy (non-hydrogen) atoms. The molecule has 2 rings (SSSR count). The Bertz CT molecular complexity index is 789. The van der Waals surface area contributed by atoms with Gasteiger partial charge in [-0.3, -0.25) is 0 Å². The Labute approximate surface area is 227 Å². The summed E-state index contributed by atoms with van der Waals surface area (Å²) in [6, 6.07) is -0.535. The maximum absolute atomic E-state index is 11.3. The predicted octanol–water partition coefficient (Wildman–Crippen LogP) is -2.68. The molecule has 1 radical (unpaired) electrons. The second-order valence-corrected chi connectivity index (χ2v) is 14.1. The maximum atomic E-state index is 11.3. The SMILES string of the molecule is O=S1(=O)CCC(N(CC(O)CO)C(=S)[S-])C1.O=S1(=O)CCC(N(CC(O)CO)C(=S)[S-])C1.[Cu+2]. The summed E-state index contributed by atoms with van der Waals surface area (Å²) in [4.78, 5) is 3.02. The van der Waals surface area contributed by atoms with E-state index in [-0.39, 0.29) is 73.9 Å². The minimum atomic E-state index is -3.01. The molecule has 0 aromatic heterocycles. The van der Waals surface area contributed by atoms with Gasteiger partial charge in [-0.05, 0) is 12.8 Å². The number of sulfone groups is 2. The van der Waals surface area contributed by atoms with Gasteiger partial charge >= 0.3 is 17.1 Å². The Balaban J connectivity index is 0.000000602. The minimum Gasteiger partial charge on any atom is -0.411 e. The van der Waals surface area contributed by atoms with Crippen molar-refractivity contribution in [1.29, 1.82) is 0 Å². The molecule has 0 aromatic carbocycles. The number of thiocarbonyl (C=S) groups is 2. The first kappa shape index (κ1) is 33.5. The fourth-order valence-electron chi connectivity index (χ4n) is 3.36. The van der Waals surface area contributed by atoms with E-state index in [4.69, 9.17) is 59.9 Å². The van der Waals surface area contributed by atoms with Gasteiger partial charge in [-0.1, -0.05) is 8.64 Å². The quantitative estimate of drug-likeness (QED) is 0.125. The van der Waals surface area contributed by atoms with E-state index in [1.54, 1.807) is 0 Å². The molecular weight excluding hydrogens is 604 g/mol. The van der Waals surface area contributed by atoms with Crippen LogP contribution in [0.3, 0.4) is 0 Å². The number of aliphatic hydroxyl groups excluding tert-OH is 4. The predicted molar refractivity (Wildman–Crippen MR) is 134 cm³/mol. The normalized spacial score (nSPS) is 24.5. The van der Waals surface area contributed by atoms with Crippen molar-refractivity contribution in [3.05, 3.63) is 0 Å². The first-order chi connectivity index (χ1) is 14.7. The van der Waals surface area contributed by atoms with Gasteiger partial charge in [0.1, 0.15) is 0 Å². The third-order valence-corrected chi connectivity index (χ3v) is 9.44. The van der Waals surface area contributed by atoms with Gasteiger partial charge in [0, 0.05) is 25.2 Å². The van der Waals surface area contributed by atoms with E-state index in [0.29, 0.717) is 12.8 Å². The van der Waals surface area contributed by atoms with Crippen LogP contribution in [0.5, 0.6) is 0 Å². The van der Waals surface area contributed by atoms with Crippen molar-refractivity contribution in [2.24, 2.45) is 0 Å². The van der Waals surface area contributed by atoms with Crippen molar-refractivity contribution in [2.75, 3.05) is 49.3 Å². The Morgan fingerprint density at radius 1 is 0.818 bits per heavy atom. The van der Waals surface area contributed by atoms with E-state index < -0.39 is 45.1 Å². The third-order valence-electron chi connectivity index (χ3n) is 5.00. The number of hydrogen-bond acceptors (Lipinski definition) is 12. The van der Waals surface area contributed by atoms with Crippen LogP contribution in [0, 0.1) is 0 Å². The fraction of sp³-hybridized carbons (Fsp3) is 0.875. The van der Waals surface area contributed by atoms with E-state index in [2.05, 4.69) is 0 Å². The average molecular weight is 632 g/mol. The van der Waals surface area contributed by atoms with Crippen molar-refractivity contribution in [1.82, 2.24) is 9.80 Å². The Morgan fingerprint density at radius 3 is 1.30 bits per heavy atom. The molecule has 4 atom stereocenters. The van der Waals surface area contributed by atoms with Gasteiger partial charge in [-0.2, -0.15) is 0 Å². The molecule has 197 valence electrons. The molecule has 0 saturated carbocycles. The Kier molecular flexibility index (Phi) is 15.1. The molecule has 0 amide bonds. The molecule has 2 aliphatic rings. The summed E-state index contributed by atoms with van der Waals surface area (Å²) in [5, 5.41) is 36.1. The maximum Gasteiger partial charge on any atom is 2.00 e. The van der Waals surface area contributed by atoms with E-state index in [1.807, 2.05) is 0 Å². The molecule has 0 aliphatic carbocycles. The van der Waals surface area contributed by atoms with Crippen LogP contribution in [0.25, 0.3) is 0 Å². The van der Waals surface area contributed by atoms with Crippen molar-refractivity contribution >= 4 is 78.0 Å². The van der Waals surface area contributed by atoms with Gasteiger partial charge in [-0.25, -0.2) is 16.8 Å². The summed E-state index contributed by atoms with van der Waals surface area (Å²) < 4.78 is 45.5. The van der Waals surface area contributed by atoms with Crippen LogP contribution >= 0.6 is 24.4 Å². The second-order valence-electron chi connectivity index (χ2n) is 7.62. The van der Waals surface area contributed by atoms with E-state index in [1.165, 1.54) is 9.80 Å². The monoisotopic (exact) mass is 631 g/mol. The molecule has 4 unspecified atom stereocenters. The molecule has 2 saturated heterocycles. The van der Waals surface area contributed by atoms with Gasteiger partial charge in [0.15, 0.2) is 19.7 Å². The minimum absolute atomic E-state index is 0. The van der Waals surface area contributed by atoms with Gasteiger partial charge in [0.05, 0.1) is 48.4 Å². The fourth-order valence-corrected chi connectivity index (χ4v) is 7.71. The summed E-state index contributed by atoms with van der Waals surface area (Å²) >= 11 is 19.4. The molecule has 0 aromatic rings. The van der Waals surface area contributed by atoms with Crippen LogP contribution in [-0.4, -0.2) is 129 Å². The van der Waals surface area contributed by atoms with Crippen LogP contribution < -0.4 is 0 Å². The van der Waals surface area contributed by atoms with E-state index in [0.717, 1.165) is 0 Å². The van der Waals surface area contributed by atoms with Crippen molar-refractivity contribution in [3.63, 3.8) is 0 Å². The largest absolute Gasteiger partial charge is 2.00 e. The Hall–Kier alpha value is 0.479. The number of rotatable bonds is 8. The third kappa shape index (κ3) is 11.8. The molecule has 2 fully saturated rings. The molecule has 0 spiro atoms. The van der Waals surface area contributed by atoms with Crippen LogP contribution in [-0.2, 0) is 62.0 Å². The van der Waals surface area contributed by atoms with Crippen LogP contribution in [0.15, 0.2) is 0 Å². The van der Waals surface area contributed by atoms with Gasteiger partial charge < -0.3 is 79.9 Å². The number of hydrogen-bond donors (Lipinski definition) is 4. The first-order valence-corrected chi connectivity index (χ1v) is 14.9. The average Bonchev–Trinajstić information content (AvgIpc) is 3.24. The van der Waals surface area contributed by atoms with Gasteiger partial charge in [-0.15, -0.1) is 0 Å².